The maximum atomic E-state index is 12.4. The number of Topliss-reactive ketones (excluding diaryl/α,β-unsaturated/α-hetero) is 2. The molecule has 0 aliphatic rings. The van der Waals surface area contributed by atoms with Gasteiger partial charge in [0.15, 0.2) is 0 Å². The summed E-state index contributed by atoms with van der Waals surface area (Å²) in [4.78, 5) is 24.9. The molecule has 0 amide bonds. The molecule has 0 bridgehead atoms. The second-order valence-corrected chi connectivity index (χ2v) is 7.75. The van der Waals surface area contributed by atoms with E-state index < -0.39 is 16.7 Å². The number of carbonyl (C=O) groups is 2. The van der Waals surface area contributed by atoms with Gasteiger partial charge in [-0.2, -0.15) is 0 Å². The van der Waals surface area contributed by atoms with Crippen molar-refractivity contribution in [1.29, 1.82) is 0 Å². The quantitative estimate of drug-likeness (QED) is 0.687. The van der Waals surface area contributed by atoms with Crippen LogP contribution in [0.5, 0.6) is 0 Å². The summed E-state index contributed by atoms with van der Waals surface area (Å²) >= 11 is 0. The third-order valence-corrected chi connectivity index (χ3v) is 3.14. The zero-order chi connectivity index (χ0) is 14.7. The molecule has 18 heavy (non-hydrogen) atoms. The van der Waals surface area contributed by atoms with Gasteiger partial charge in [-0.1, -0.05) is 55.4 Å². The molecule has 0 saturated carbocycles. The minimum Gasteiger partial charge on any atom is -0.298 e. The van der Waals surface area contributed by atoms with Crippen molar-refractivity contribution in [3.63, 3.8) is 0 Å². The standard InChI is InChI=1S/C16H30O2/c1-11(2)9-10-12(13(17)15(3,4)5)14(18)16(6,7)8/h11-12H,9-10H2,1-8H3. The Morgan fingerprint density at radius 2 is 1.11 bits per heavy atom. The Balaban J connectivity index is 5.07. The molecule has 0 rings (SSSR count). The molecule has 0 atom stereocenters. The molecule has 106 valence electrons. The third-order valence-electron chi connectivity index (χ3n) is 3.14. The lowest BCUT2D eigenvalue weighted by Gasteiger charge is -2.29. The van der Waals surface area contributed by atoms with E-state index >= 15 is 0 Å². The molecule has 0 unspecified atom stereocenters. The summed E-state index contributed by atoms with van der Waals surface area (Å²) in [6.07, 6.45) is 1.61. The van der Waals surface area contributed by atoms with Crippen LogP contribution in [-0.2, 0) is 9.59 Å². The summed E-state index contributed by atoms with van der Waals surface area (Å²) in [5.41, 5.74) is -0.884. The molecule has 0 heterocycles. The molecule has 0 N–H and O–H groups in total. The van der Waals surface area contributed by atoms with Gasteiger partial charge in [-0.05, 0) is 18.8 Å². The van der Waals surface area contributed by atoms with Crippen LogP contribution in [0.15, 0.2) is 0 Å². The van der Waals surface area contributed by atoms with Crippen LogP contribution in [0, 0.1) is 22.7 Å². The maximum absolute atomic E-state index is 12.4. The fourth-order valence-electron chi connectivity index (χ4n) is 1.93. The van der Waals surface area contributed by atoms with Crippen LogP contribution in [0.25, 0.3) is 0 Å². The topological polar surface area (TPSA) is 34.1 Å². The van der Waals surface area contributed by atoms with Crippen LogP contribution >= 0.6 is 0 Å². The lowest BCUT2D eigenvalue weighted by Crippen LogP contribution is -2.39. The molecule has 0 aliphatic heterocycles. The van der Waals surface area contributed by atoms with E-state index in [0.29, 0.717) is 12.3 Å². The first-order chi connectivity index (χ1) is 7.87. The van der Waals surface area contributed by atoms with Crippen molar-refractivity contribution in [1.82, 2.24) is 0 Å². The lowest BCUT2D eigenvalue weighted by molar-refractivity contribution is -0.142. The first kappa shape index (κ1) is 17.3. The molecule has 0 fully saturated rings. The van der Waals surface area contributed by atoms with Gasteiger partial charge < -0.3 is 0 Å². The van der Waals surface area contributed by atoms with Crippen LogP contribution in [0.2, 0.25) is 0 Å². The smallest absolute Gasteiger partial charge is 0.148 e. The third kappa shape index (κ3) is 5.32. The minimum atomic E-state index is -0.442. The van der Waals surface area contributed by atoms with E-state index in [1.807, 2.05) is 41.5 Å². The Hall–Kier alpha value is -0.660. The largest absolute Gasteiger partial charge is 0.298 e. The Morgan fingerprint density at radius 1 is 0.778 bits per heavy atom. The van der Waals surface area contributed by atoms with Crippen LogP contribution in [0.3, 0.4) is 0 Å². The normalized spacial score (nSPS) is 13.2. The van der Waals surface area contributed by atoms with Crippen LogP contribution in [0.1, 0.15) is 68.2 Å². The van der Waals surface area contributed by atoms with Gasteiger partial charge in [0, 0.05) is 10.8 Å². The molecule has 0 aromatic carbocycles. The van der Waals surface area contributed by atoms with Gasteiger partial charge in [-0.15, -0.1) is 0 Å². The molecule has 0 spiro atoms. The molecule has 0 aromatic rings. The van der Waals surface area contributed by atoms with Gasteiger partial charge >= 0.3 is 0 Å². The number of hydrogen-bond donors (Lipinski definition) is 0. The molecule has 0 radical (unpaired) electrons. The molecule has 0 saturated heterocycles. The van der Waals surface area contributed by atoms with Crippen molar-refractivity contribution in [3.05, 3.63) is 0 Å². The van der Waals surface area contributed by atoms with Gasteiger partial charge in [0.2, 0.25) is 0 Å². The van der Waals surface area contributed by atoms with E-state index in [4.69, 9.17) is 0 Å². The first-order valence-electron chi connectivity index (χ1n) is 6.96. The van der Waals surface area contributed by atoms with Crippen molar-refractivity contribution in [3.8, 4) is 0 Å². The van der Waals surface area contributed by atoms with Gasteiger partial charge in [0.1, 0.15) is 11.6 Å². The fraction of sp³-hybridized carbons (Fsp3) is 0.875. The van der Waals surface area contributed by atoms with Gasteiger partial charge in [0.25, 0.3) is 0 Å². The monoisotopic (exact) mass is 254 g/mol. The fourth-order valence-corrected chi connectivity index (χ4v) is 1.93. The molecule has 0 aliphatic carbocycles. The number of ketones is 2. The van der Waals surface area contributed by atoms with Crippen molar-refractivity contribution in [2.75, 3.05) is 0 Å². The number of rotatable bonds is 5. The molecule has 2 nitrogen and oxygen atoms in total. The second kappa shape index (κ2) is 5.99. The van der Waals surface area contributed by atoms with E-state index in [1.54, 1.807) is 0 Å². The van der Waals surface area contributed by atoms with Crippen molar-refractivity contribution < 1.29 is 9.59 Å². The lowest BCUT2D eigenvalue weighted by atomic mass is 9.72. The summed E-state index contributed by atoms with van der Waals surface area (Å²) in [6.45, 7) is 15.6. The average Bonchev–Trinajstić information content (AvgIpc) is 2.14. The Kier molecular flexibility index (Phi) is 5.77. The van der Waals surface area contributed by atoms with Crippen molar-refractivity contribution in [2.45, 2.75) is 68.2 Å². The zero-order valence-electron chi connectivity index (χ0n) is 13.4. The Labute approximate surface area is 113 Å². The molecular weight excluding hydrogens is 224 g/mol. The van der Waals surface area contributed by atoms with Gasteiger partial charge in [0.05, 0.1) is 5.92 Å². The molecule has 0 aromatic heterocycles. The zero-order valence-corrected chi connectivity index (χ0v) is 13.4. The Morgan fingerprint density at radius 3 is 1.33 bits per heavy atom. The maximum Gasteiger partial charge on any atom is 0.148 e. The highest BCUT2D eigenvalue weighted by Gasteiger charge is 2.38. The highest BCUT2D eigenvalue weighted by Crippen LogP contribution is 2.30. The summed E-state index contributed by atoms with van der Waals surface area (Å²) < 4.78 is 0. The predicted octanol–water partition coefficient (Wildman–Crippen LogP) is 4.27. The van der Waals surface area contributed by atoms with Crippen molar-refractivity contribution >= 4 is 11.6 Å². The summed E-state index contributed by atoms with van der Waals surface area (Å²) in [7, 11) is 0. The Bertz CT molecular complexity index is 274. The van der Waals surface area contributed by atoms with Crippen LogP contribution in [-0.4, -0.2) is 11.6 Å². The van der Waals surface area contributed by atoms with E-state index in [2.05, 4.69) is 13.8 Å². The summed E-state index contributed by atoms with van der Waals surface area (Å²) in [6, 6.07) is 0. The van der Waals surface area contributed by atoms with Gasteiger partial charge in [-0.3, -0.25) is 9.59 Å². The van der Waals surface area contributed by atoms with E-state index in [0.717, 1.165) is 6.42 Å². The van der Waals surface area contributed by atoms with Crippen LogP contribution in [0.4, 0.5) is 0 Å². The van der Waals surface area contributed by atoms with Crippen LogP contribution < -0.4 is 0 Å². The SMILES string of the molecule is CC(C)CCC(C(=O)C(C)(C)C)C(=O)C(C)(C)C. The van der Waals surface area contributed by atoms with Gasteiger partial charge in [-0.25, -0.2) is 0 Å². The molecular formula is C16H30O2. The first-order valence-corrected chi connectivity index (χ1v) is 6.96. The molecule has 2 heteroatoms. The predicted molar refractivity (Wildman–Crippen MR) is 76.5 cm³/mol. The van der Waals surface area contributed by atoms with E-state index in [1.165, 1.54) is 0 Å². The highest BCUT2D eigenvalue weighted by atomic mass is 16.2. The second-order valence-electron chi connectivity index (χ2n) is 7.75. The highest BCUT2D eigenvalue weighted by molar-refractivity contribution is 6.06. The summed E-state index contributed by atoms with van der Waals surface area (Å²) in [5, 5.41) is 0. The average molecular weight is 254 g/mol. The minimum absolute atomic E-state index is 0.0862. The summed E-state index contributed by atoms with van der Waals surface area (Å²) in [5.74, 6) is 0.256. The van der Waals surface area contributed by atoms with Crippen molar-refractivity contribution in [2.24, 2.45) is 22.7 Å². The number of carbonyl (C=O) groups excluding carboxylic acids is 2. The number of hydrogen-bond acceptors (Lipinski definition) is 2. The van der Waals surface area contributed by atoms with E-state index in [-0.39, 0.29) is 11.6 Å². The van der Waals surface area contributed by atoms with E-state index in [9.17, 15) is 9.59 Å².